The maximum atomic E-state index is 13.1. The molecule has 2 aromatic heterocycles. The molecule has 0 amide bonds. The first-order valence-electron chi connectivity index (χ1n) is 5.67. The Morgan fingerprint density at radius 2 is 2.16 bits per heavy atom. The Labute approximate surface area is 118 Å². The van der Waals surface area contributed by atoms with Gasteiger partial charge in [0, 0.05) is 5.39 Å². The van der Waals surface area contributed by atoms with Crippen molar-refractivity contribution in [3.05, 3.63) is 56.7 Å². The van der Waals surface area contributed by atoms with E-state index in [0.717, 1.165) is 5.56 Å². The summed E-state index contributed by atoms with van der Waals surface area (Å²) in [6.07, 6.45) is -0.929. The molecule has 2 nitrogen and oxygen atoms in total. The van der Waals surface area contributed by atoms with Crippen molar-refractivity contribution in [3.63, 3.8) is 0 Å². The van der Waals surface area contributed by atoms with E-state index in [2.05, 4.69) is 0 Å². The van der Waals surface area contributed by atoms with Gasteiger partial charge >= 0.3 is 0 Å². The Hall–Kier alpha value is -1.36. The van der Waals surface area contributed by atoms with Crippen molar-refractivity contribution in [2.45, 2.75) is 13.0 Å². The molecule has 3 aromatic rings. The predicted molar refractivity (Wildman–Crippen MR) is 74.3 cm³/mol. The molecule has 0 saturated carbocycles. The number of furan rings is 1. The summed E-state index contributed by atoms with van der Waals surface area (Å²) in [6, 6.07) is 5.87. The van der Waals surface area contributed by atoms with Gasteiger partial charge in [-0.15, -0.1) is 11.3 Å². The van der Waals surface area contributed by atoms with Crippen molar-refractivity contribution >= 4 is 33.9 Å². The van der Waals surface area contributed by atoms with E-state index in [4.69, 9.17) is 16.0 Å². The Balaban J connectivity index is 2.06. The summed E-state index contributed by atoms with van der Waals surface area (Å²) in [4.78, 5) is 0.638. The van der Waals surface area contributed by atoms with Gasteiger partial charge in [-0.2, -0.15) is 0 Å². The van der Waals surface area contributed by atoms with Crippen molar-refractivity contribution in [1.29, 1.82) is 0 Å². The van der Waals surface area contributed by atoms with Gasteiger partial charge in [-0.3, -0.25) is 0 Å². The van der Waals surface area contributed by atoms with E-state index >= 15 is 0 Å². The highest BCUT2D eigenvalue weighted by molar-refractivity contribution is 7.10. The predicted octanol–water partition coefficient (Wildman–Crippen LogP) is 4.68. The van der Waals surface area contributed by atoms with E-state index in [1.54, 1.807) is 12.1 Å². The number of thiophene rings is 1. The lowest BCUT2D eigenvalue weighted by Gasteiger charge is -2.05. The second-order valence-electron chi connectivity index (χ2n) is 4.33. The number of rotatable bonds is 2. The second kappa shape index (κ2) is 4.63. The SMILES string of the molecule is Cc1csc(C(O)c2cc3cc(F)ccc3o2)c1Cl. The molecule has 0 aliphatic heterocycles. The number of aliphatic hydroxyl groups is 1. The van der Waals surface area contributed by atoms with E-state index in [1.165, 1.54) is 23.5 Å². The number of aliphatic hydroxyl groups excluding tert-OH is 1. The molecular formula is C14H10ClFO2S. The van der Waals surface area contributed by atoms with Crippen LogP contribution < -0.4 is 0 Å². The molecule has 5 heteroatoms. The van der Waals surface area contributed by atoms with Gasteiger partial charge in [-0.05, 0) is 42.1 Å². The third-order valence-electron chi connectivity index (χ3n) is 2.94. The normalized spacial score (nSPS) is 13.1. The van der Waals surface area contributed by atoms with Gasteiger partial charge in [0.05, 0.1) is 9.90 Å². The average Bonchev–Trinajstić information content (AvgIpc) is 2.93. The number of benzene rings is 1. The van der Waals surface area contributed by atoms with Gasteiger partial charge < -0.3 is 9.52 Å². The van der Waals surface area contributed by atoms with Gasteiger partial charge in [-0.25, -0.2) is 4.39 Å². The van der Waals surface area contributed by atoms with Crippen LogP contribution in [-0.4, -0.2) is 5.11 Å². The van der Waals surface area contributed by atoms with Gasteiger partial charge in [0.15, 0.2) is 0 Å². The van der Waals surface area contributed by atoms with Crippen LogP contribution in [-0.2, 0) is 0 Å². The fraction of sp³-hybridized carbons (Fsp3) is 0.143. The molecule has 0 aliphatic rings. The number of fused-ring (bicyclic) bond motifs is 1. The monoisotopic (exact) mass is 296 g/mol. The van der Waals surface area contributed by atoms with Crippen LogP contribution in [0.15, 0.2) is 34.1 Å². The van der Waals surface area contributed by atoms with Crippen molar-refractivity contribution in [1.82, 2.24) is 0 Å². The minimum Gasteiger partial charge on any atom is -0.458 e. The number of hydrogen-bond acceptors (Lipinski definition) is 3. The Morgan fingerprint density at radius 3 is 2.84 bits per heavy atom. The van der Waals surface area contributed by atoms with Gasteiger partial charge in [0.2, 0.25) is 0 Å². The molecule has 0 radical (unpaired) electrons. The van der Waals surface area contributed by atoms with E-state index in [1.807, 2.05) is 12.3 Å². The highest BCUT2D eigenvalue weighted by atomic mass is 35.5. The van der Waals surface area contributed by atoms with Crippen LogP contribution in [0.2, 0.25) is 5.02 Å². The Morgan fingerprint density at radius 1 is 1.37 bits per heavy atom. The van der Waals surface area contributed by atoms with Gasteiger partial charge in [-0.1, -0.05) is 11.6 Å². The van der Waals surface area contributed by atoms with Crippen molar-refractivity contribution in [2.24, 2.45) is 0 Å². The van der Waals surface area contributed by atoms with E-state index in [9.17, 15) is 9.50 Å². The molecule has 0 spiro atoms. The topological polar surface area (TPSA) is 33.4 Å². The highest BCUT2D eigenvalue weighted by Crippen LogP contribution is 2.37. The molecule has 3 rings (SSSR count). The number of halogens is 2. The maximum Gasteiger partial charge on any atom is 0.147 e. The third kappa shape index (κ3) is 2.16. The fourth-order valence-corrected chi connectivity index (χ4v) is 3.22. The van der Waals surface area contributed by atoms with Crippen LogP contribution in [0.3, 0.4) is 0 Å². The largest absolute Gasteiger partial charge is 0.458 e. The van der Waals surface area contributed by atoms with Gasteiger partial charge in [0.1, 0.15) is 23.3 Å². The maximum absolute atomic E-state index is 13.1. The molecule has 1 aromatic carbocycles. The molecule has 0 saturated heterocycles. The molecule has 98 valence electrons. The fourth-order valence-electron chi connectivity index (χ4n) is 1.93. The first kappa shape index (κ1) is 12.7. The van der Waals surface area contributed by atoms with Crippen LogP contribution in [0.1, 0.15) is 22.3 Å². The average molecular weight is 297 g/mol. The van der Waals surface area contributed by atoms with E-state index in [0.29, 0.717) is 26.6 Å². The molecule has 1 N–H and O–H groups in total. The Bertz CT molecular complexity index is 747. The summed E-state index contributed by atoms with van der Waals surface area (Å²) in [5.74, 6) is 0.0312. The summed E-state index contributed by atoms with van der Waals surface area (Å²) in [7, 11) is 0. The van der Waals surface area contributed by atoms with Crippen molar-refractivity contribution in [2.75, 3.05) is 0 Å². The summed E-state index contributed by atoms with van der Waals surface area (Å²) >= 11 is 7.50. The summed E-state index contributed by atoms with van der Waals surface area (Å²) in [5, 5.41) is 13.3. The van der Waals surface area contributed by atoms with Crippen LogP contribution in [0.4, 0.5) is 4.39 Å². The smallest absolute Gasteiger partial charge is 0.147 e. The lowest BCUT2D eigenvalue weighted by molar-refractivity contribution is 0.196. The zero-order chi connectivity index (χ0) is 13.6. The summed E-state index contributed by atoms with van der Waals surface area (Å²) in [6.45, 7) is 1.88. The first-order chi connectivity index (χ1) is 9.06. The number of hydrogen-bond donors (Lipinski definition) is 1. The molecule has 0 bridgehead atoms. The Kier molecular flexibility index (Phi) is 3.09. The van der Waals surface area contributed by atoms with Crippen molar-refractivity contribution < 1.29 is 13.9 Å². The van der Waals surface area contributed by atoms with Crippen LogP contribution in [0, 0.1) is 12.7 Å². The second-order valence-corrected chi connectivity index (χ2v) is 5.62. The minimum absolute atomic E-state index is 0.334. The molecule has 1 atom stereocenters. The molecule has 0 fully saturated rings. The van der Waals surface area contributed by atoms with Gasteiger partial charge in [0.25, 0.3) is 0 Å². The van der Waals surface area contributed by atoms with E-state index in [-0.39, 0.29) is 5.82 Å². The molecule has 1 unspecified atom stereocenters. The minimum atomic E-state index is -0.929. The lowest BCUT2D eigenvalue weighted by Crippen LogP contribution is -1.95. The standard InChI is InChI=1S/C14H10ClFO2S/c1-7-6-19-14(12(7)15)13(17)11-5-8-4-9(16)2-3-10(8)18-11/h2-6,13,17H,1H3. The molecule has 0 aliphatic carbocycles. The van der Waals surface area contributed by atoms with Crippen LogP contribution >= 0.6 is 22.9 Å². The third-order valence-corrected chi connectivity index (χ3v) is 4.71. The molecule has 19 heavy (non-hydrogen) atoms. The quantitative estimate of drug-likeness (QED) is 0.745. The van der Waals surface area contributed by atoms with Crippen LogP contribution in [0.5, 0.6) is 0 Å². The number of aryl methyl sites for hydroxylation is 1. The summed E-state index contributed by atoms with van der Waals surface area (Å²) < 4.78 is 18.6. The zero-order valence-electron chi connectivity index (χ0n) is 9.98. The molecule has 2 heterocycles. The lowest BCUT2D eigenvalue weighted by atomic mass is 10.2. The summed E-state index contributed by atoms with van der Waals surface area (Å²) in [5.41, 5.74) is 1.46. The van der Waals surface area contributed by atoms with Crippen molar-refractivity contribution in [3.8, 4) is 0 Å². The highest BCUT2D eigenvalue weighted by Gasteiger charge is 2.21. The van der Waals surface area contributed by atoms with E-state index < -0.39 is 6.10 Å². The molecular weight excluding hydrogens is 287 g/mol. The van der Waals surface area contributed by atoms with Crippen LogP contribution in [0.25, 0.3) is 11.0 Å². The zero-order valence-corrected chi connectivity index (χ0v) is 11.6. The first-order valence-corrected chi connectivity index (χ1v) is 6.92.